The Morgan fingerprint density at radius 3 is 2.34 bits per heavy atom. The maximum Gasteiger partial charge on any atom is 0.256 e. The minimum absolute atomic E-state index is 0.154. The van der Waals surface area contributed by atoms with Crippen LogP contribution in [0, 0.1) is 6.92 Å². The third-order valence-electron chi connectivity index (χ3n) is 4.83. The number of rotatable bonds is 4. The van der Waals surface area contributed by atoms with E-state index in [2.05, 4.69) is 21.2 Å². The number of carbonyl (C=O) groups excluding carboxylic acids is 1. The second kappa shape index (κ2) is 8.05. The number of para-hydroxylation sites is 1. The van der Waals surface area contributed by atoms with Crippen LogP contribution in [0.4, 0.5) is 5.69 Å². The normalized spacial score (nSPS) is 10.7. The number of nitrogens with zero attached hydrogens (tertiary/aromatic N) is 1. The zero-order chi connectivity index (χ0) is 20.4. The number of anilines is 1. The van der Waals surface area contributed by atoms with Gasteiger partial charge in [0, 0.05) is 21.1 Å². The van der Waals surface area contributed by atoms with Crippen molar-refractivity contribution in [1.82, 2.24) is 4.98 Å². The van der Waals surface area contributed by atoms with E-state index in [0.717, 1.165) is 43.6 Å². The molecule has 144 valence electrons. The smallest absolute Gasteiger partial charge is 0.256 e. The predicted molar refractivity (Wildman–Crippen MR) is 121 cm³/mol. The van der Waals surface area contributed by atoms with Crippen molar-refractivity contribution in [2.75, 3.05) is 12.4 Å². The highest BCUT2D eigenvalue weighted by molar-refractivity contribution is 9.10. The lowest BCUT2D eigenvalue weighted by Crippen LogP contribution is -2.15. The summed E-state index contributed by atoms with van der Waals surface area (Å²) >= 11 is 3.42. The van der Waals surface area contributed by atoms with Gasteiger partial charge in [-0.2, -0.15) is 0 Å². The summed E-state index contributed by atoms with van der Waals surface area (Å²) in [5.41, 5.74) is 4.71. The van der Waals surface area contributed by atoms with E-state index in [4.69, 9.17) is 9.72 Å². The summed E-state index contributed by atoms with van der Waals surface area (Å²) in [6, 6.07) is 23.0. The molecule has 0 saturated heterocycles. The Kier molecular flexibility index (Phi) is 5.32. The molecular weight excluding hydrogens is 428 g/mol. The Balaban J connectivity index is 1.84. The monoisotopic (exact) mass is 446 g/mol. The van der Waals surface area contributed by atoms with Crippen molar-refractivity contribution in [2.45, 2.75) is 6.92 Å². The number of ether oxygens (including phenoxy) is 1. The molecule has 0 saturated carbocycles. The third kappa shape index (κ3) is 3.87. The van der Waals surface area contributed by atoms with Crippen LogP contribution in [0.2, 0.25) is 0 Å². The SMILES string of the molecule is COc1ccc(-c2nc3ccccc3c(C(=O)Nc3ccc(Br)cc3)c2C)cc1. The Labute approximate surface area is 177 Å². The Morgan fingerprint density at radius 1 is 0.966 bits per heavy atom. The fourth-order valence-electron chi connectivity index (χ4n) is 3.36. The van der Waals surface area contributed by atoms with Crippen molar-refractivity contribution in [3.63, 3.8) is 0 Å². The first-order valence-electron chi connectivity index (χ1n) is 9.17. The molecule has 4 aromatic rings. The molecule has 4 rings (SSSR count). The summed E-state index contributed by atoms with van der Waals surface area (Å²) in [6.07, 6.45) is 0. The van der Waals surface area contributed by atoms with E-state index in [0.29, 0.717) is 5.56 Å². The number of nitrogens with one attached hydrogen (secondary N) is 1. The molecule has 0 atom stereocenters. The van der Waals surface area contributed by atoms with Gasteiger partial charge < -0.3 is 10.1 Å². The van der Waals surface area contributed by atoms with Crippen molar-refractivity contribution in [3.05, 3.63) is 88.4 Å². The number of amides is 1. The quantitative estimate of drug-likeness (QED) is 0.403. The van der Waals surface area contributed by atoms with Gasteiger partial charge in [-0.3, -0.25) is 4.79 Å². The molecule has 0 aliphatic heterocycles. The molecule has 5 heteroatoms. The van der Waals surface area contributed by atoms with Gasteiger partial charge in [-0.25, -0.2) is 4.98 Å². The van der Waals surface area contributed by atoms with Gasteiger partial charge in [0.1, 0.15) is 5.75 Å². The van der Waals surface area contributed by atoms with Crippen LogP contribution in [-0.2, 0) is 0 Å². The molecule has 0 bridgehead atoms. The van der Waals surface area contributed by atoms with Crippen molar-refractivity contribution < 1.29 is 9.53 Å². The van der Waals surface area contributed by atoms with E-state index in [1.165, 1.54) is 0 Å². The molecule has 0 unspecified atom stereocenters. The summed E-state index contributed by atoms with van der Waals surface area (Å²) in [5, 5.41) is 3.84. The number of fused-ring (bicyclic) bond motifs is 1. The largest absolute Gasteiger partial charge is 0.497 e. The van der Waals surface area contributed by atoms with Crippen molar-refractivity contribution in [3.8, 4) is 17.0 Å². The summed E-state index contributed by atoms with van der Waals surface area (Å²) in [4.78, 5) is 18.1. The molecule has 3 aromatic carbocycles. The maximum atomic E-state index is 13.2. The number of methoxy groups -OCH3 is 1. The van der Waals surface area contributed by atoms with Crippen LogP contribution in [0.25, 0.3) is 22.2 Å². The van der Waals surface area contributed by atoms with Crippen LogP contribution in [0.15, 0.2) is 77.3 Å². The fourth-order valence-corrected chi connectivity index (χ4v) is 3.62. The molecule has 0 fully saturated rings. The number of hydrogen-bond donors (Lipinski definition) is 1. The fraction of sp³-hybridized carbons (Fsp3) is 0.0833. The Bertz CT molecular complexity index is 1190. The van der Waals surface area contributed by atoms with Crippen LogP contribution in [0.5, 0.6) is 5.75 Å². The molecule has 29 heavy (non-hydrogen) atoms. The predicted octanol–water partition coefficient (Wildman–Crippen LogP) is 6.23. The highest BCUT2D eigenvalue weighted by Crippen LogP contribution is 2.31. The highest BCUT2D eigenvalue weighted by atomic mass is 79.9. The van der Waals surface area contributed by atoms with Crippen LogP contribution in [0.1, 0.15) is 15.9 Å². The second-order valence-electron chi connectivity index (χ2n) is 6.67. The van der Waals surface area contributed by atoms with E-state index in [1.807, 2.05) is 79.7 Å². The zero-order valence-electron chi connectivity index (χ0n) is 16.1. The summed E-state index contributed by atoms with van der Waals surface area (Å²) < 4.78 is 6.22. The first kappa shape index (κ1) is 19.2. The van der Waals surface area contributed by atoms with Gasteiger partial charge in [0.05, 0.1) is 23.9 Å². The third-order valence-corrected chi connectivity index (χ3v) is 5.36. The average Bonchev–Trinajstić information content (AvgIpc) is 2.75. The Morgan fingerprint density at radius 2 is 1.66 bits per heavy atom. The zero-order valence-corrected chi connectivity index (χ0v) is 17.7. The van der Waals surface area contributed by atoms with Crippen LogP contribution < -0.4 is 10.1 Å². The molecule has 0 radical (unpaired) electrons. The molecule has 1 N–H and O–H groups in total. The number of pyridine rings is 1. The van der Waals surface area contributed by atoms with E-state index >= 15 is 0 Å². The van der Waals surface area contributed by atoms with E-state index in [1.54, 1.807) is 7.11 Å². The maximum absolute atomic E-state index is 13.2. The van der Waals surface area contributed by atoms with Crippen molar-refractivity contribution in [2.24, 2.45) is 0 Å². The number of halogens is 1. The molecule has 1 heterocycles. The second-order valence-corrected chi connectivity index (χ2v) is 7.58. The van der Waals surface area contributed by atoms with Crippen molar-refractivity contribution in [1.29, 1.82) is 0 Å². The van der Waals surface area contributed by atoms with E-state index in [-0.39, 0.29) is 5.91 Å². The summed E-state index contributed by atoms with van der Waals surface area (Å²) in [7, 11) is 1.64. The van der Waals surface area contributed by atoms with Crippen molar-refractivity contribution >= 4 is 38.4 Å². The molecule has 1 aromatic heterocycles. The Hall–Kier alpha value is -3.18. The molecule has 4 nitrogen and oxygen atoms in total. The lowest BCUT2D eigenvalue weighted by molar-refractivity contribution is 0.102. The first-order valence-corrected chi connectivity index (χ1v) is 9.97. The van der Waals surface area contributed by atoms with Gasteiger partial charge in [0.25, 0.3) is 5.91 Å². The number of hydrogen-bond acceptors (Lipinski definition) is 3. The van der Waals surface area contributed by atoms with Crippen LogP contribution in [-0.4, -0.2) is 18.0 Å². The standard InChI is InChI=1S/C24H19BrN2O2/c1-15-22(24(28)26-18-11-9-17(25)10-12-18)20-5-3-4-6-21(20)27-23(15)16-7-13-19(29-2)14-8-16/h3-14H,1-2H3,(H,26,28). The first-order chi connectivity index (χ1) is 14.1. The summed E-state index contributed by atoms with van der Waals surface area (Å²) in [5.74, 6) is 0.624. The summed E-state index contributed by atoms with van der Waals surface area (Å²) in [6.45, 7) is 1.94. The lowest BCUT2D eigenvalue weighted by atomic mass is 9.97. The minimum atomic E-state index is -0.154. The lowest BCUT2D eigenvalue weighted by Gasteiger charge is -2.15. The van der Waals surface area contributed by atoms with Gasteiger partial charge in [-0.15, -0.1) is 0 Å². The highest BCUT2D eigenvalue weighted by Gasteiger charge is 2.19. The van der Waals surface area contributed by atoms with Gasteiger partial charge in [-0.1, -0.05) is 34.1 Å². The molecule has 0 aliphatic rings. The van der Waals surface area contributed by atoms with Crippen LogP contribution >= 0.6 is 15.9 Å². The van der Waals surface area contributed by atoms with Gasteiger partial charge >= 0.3 is 0 Å². The van der Waals surface area contributed by atoms with E-state index < -0.39 is 0 Å². The minimum Gasteiger partial charge on any atom is -0.497 e. The van der Waals surface area contributed by atoms with Gasteiger partial charge in [0.2, 0.25) is 0 Å². The van der Waals surface area contributed by atoms with E-state index in [9.17, 15) is 4.79 Å². The van der Waals surface area contributed by atoms with Crippen LogP contribution in [0.3, 0.4) is 0 Å². The topological polar surface area (TPSA) is 51.2 Å². The molecular formula is C24H19BrN2O2. The molecule has 0 spiro atoms. The number of carbonyl (C=O) groups is 1. The van der Waals surface area contributed by atoms with Gasteiger partial charge in [-0.05, 0) is 67.1 Å². The molecule has 0 aliphatic carbocycles. The number of aromatic nitrogens is 1. The average molecular weight is 447 g/mol. The molecule has 1 amide bonds. The van der Waals surface area contributed by atoms with Gasteiger partial charge in [0.15, 0.2) is 0 Å². The number of benzene rings is 3.